The van der Waals surface area contributed by atoms with Crippen molar-refractivity contribution >= 4 is 23.2 Å². The number of ether oxygens (including phenoxy) is 1. The fourth-order valence-electron chi connectivity index (χ4n) is 2.63. The zero-order chi connectivity index (χ0) is 21.1. The maximum Gasteiger partial charge on any atom is 0.416 e. The normalized spacial score (nSPS) is 12.5. The number of benzene rings is 1. The summed E-state index contributed by atoms with van der Waals surface area (Å²) >= 11 is 1.12. The number of thiazole rings is 1. The van der Waals surface area contributed by atoms with Crippen LogP contribution in [0, 0.1) is 12.8 Å². The van der Waals surface area contributed by atoms with Crippen molar-refractivity contribution in [2.75, 3.05) is 20.2 Å². The van der Waals surface area contributed by atoms with Crippen LogP contribution in [0.25, 0.3) is 10.6 Å². The topological polar surface area (TPSA) is 59.5 Å². The molecule has 0 radical (unpaired) electrons. The first-order chi connectivity index (χ1) is 13.1. The van der Waals surface area contributed by atoms with Crippen molar-refractivity contribution in [3.8, 4) is 10.6 Å². The van der Waals surface area contributed by atoms with Crippen LogP contribution in [-0.4, -0.2) is 42.0 Å². The van der Waals surface area contributed by atoms with Crippen LogP contribution >= 0.6 is 11.3 Å². The van der Waals surface area contributed by atoms with E-state index in [4.69, 9.17) is 4.74 Å². The molecule has 0 aliphatic carbocycles. The van der Waals surface area contributed by atoms with Crippen LogP contribution in [0.15, 0.2) is 24.3 Å². The number of carbonyl (C=O) groups excluding carboxylic acids is 2. The molecule has 1 amide bonds. The van der Waals surface area contributed by atoms with Gasteiger partial charge in [0.05, 0.1) is 24.3 Å². The van der Waals surface area contributed by atoms with Gasteiger partial charge in [-0.15, -0.1) is 11.3 Å². The van der Waals surface area contributed by atoms with Gasteiger partial charge in [-0.1, -0.05) is 19.1 Å². The summed E-state index contributed by atoms with van der Waals surface area (Å²) < 4.78 is 42.8. The predicted octanol–water partition coefficient (Wildman–Crippen LogP) is 4.41. The molecule has 1 unspecified atom stereocenters. The van der Waals surface area contributed by atoms with Crippen LogP contribution in [0.4, 0.5) is 13.2 Å². The van der Waals surface area contributed by atoms with Gasteiger partial charge < -0.3 is 9.64 Å². The highest BCUT2D eigenvalue weighted by molar-refractivity contribution is 7.17. The number of aromatic nitrogens is 1. The smallest absolute Gasteiger partial charge is 0.416 e. The Morgan fingerprint density at radius 3 is 2.36 bits per heavy atom. The molecule has 1 atom stereocenters. The molecule has 0 spiro atoms. The lowest BCUT2D eigenvalue weighted by molar-refractivity contribution is -0.145. The Balaban J connectivity index is 2.24. The van der Waals surface area contributed by atoms with Gasteiger partial charge in [0.2, 0.25) is 0 Å². The number of alkyl halides is 3. The van der Waals surface area contributed by atoms with E-state index in [0.29, 0.717) is 27.7 Å². The van der Waals surface area contributed by atoms with Gasteiger partial charge in [0.1, 0.15) is 9.88 Å². The number of esters is 1. The van der Waals surface area contributed by atoms with E-state index in [0.717, 1.165) is 23.5 Å². The molecule has 2 rings (SSSR count). The van der Waals surface area contributed by atoms with E-state index in [1.165, 1.54) is 24.1 Å². The van der Waals surface area contributed by atoms with E-state index in [1.54, 1.807) is 20.8 Å². The Labute approximate surface area is 165 Å². The van der Waals surface area contributed by atoms with E-state index < -0.39 is 23.6 Å². The van der Waals surface area contributed by atoms with Crippen molar-refractivity contribution in [2.24, 2.45) is 5.92 Å². The number of nitrogens with zero attached hydrogens (tertiary/aromatic N) is 2. The average molecular weight is 414 g/mol. The summed E-state index contributed by atoms with van der Waals surface area (Å²) in [5.41, 5.74) is 0.259. The number of aryl methyl sites for hydroxylation is 1. The summed E-state index contributed by atoms with van der Waals surface area (Å²) in [6.45, 7) is 5.75. The fourth-order valence-corrected chi connectivity index (χ4v) is 3.67. The number of hydrogen-bond donors (Lipinski definition) is 0. The number of rotatable bonds is 6. The molecule has 0 saturated carbocycles. The summed E-state index contributed by atoms with van der Waals surface area (Å²) in [5.74, 6) is -1.15. The Hall–Kier alpha value is -2.42. The highest BCUT2D eigenvalue weighted by atomic mass is 32.1. The molecule has 5 nitrogen and oxygen atoms in total. The number of amides is 1. The Bertz CT molecular complexity index is 847. The summed E-state index contributed by atoms with van der Waals surface area (Å²) in [5, 5.41) is 0.464. The third-order valence-electron chi connectivity index (χ3n) is 4.22. The minimum Gasteiger partial charge on any atom is -0.469 e. The lowest BCUT2D eigenvalue weighted by atomic mass is 10.1. The van der Waals surface area contributed by atoms with Crippen LogP contribution in [0.1, 0.15) is 34.8 Å². The van der Waals surface area contributed by atoms with Gasteiger partial charge in [0, 0.05) is 18.7 Å². The first-order valence-electron chi connectivity index (χ1n) is 8.60. The molecule has 0 N–H and O–H groups in total. The zero-order valence-corrected chi connectivity index (χ0v) is 16.8. The van der Waals surface area contributed by atoms with Crippen LogP contribution < -0.4 is 0 Å². The molecule has 1 aromatic heterocycles. The molecular weight excluding hydrogens is 393 g/mol. The van der Waals surface area contributed by atoms with Gasteiger partial charge in [-0.25, -0.2) is 4.98 Å². The summed E-state index contributed by atoms with van der Waals surface area (Å²) in [6.07, 6.45) is -4.41. The van der Waals surface area contributed by atoms with Crippen molar-refractivity contribution in [2.45, 2.75) is 26.9 Å². The van der Waals surface area contributed by atoms with Crippen molar-refractivity contribution in [1.82, 2.24) is 9.88 Å². The molecule has 152 valence electrons. The standard InChI is InChI=1S/C19H21F3N2O3S/c1-5-24(10-11(2)18(26)27-4)17(25)15-12(3)23-16(28-15)13-6-8-14(9-7-13)19(20,21)22/h6-9,11H,5,10H2,1-4H3. The largest absolute Gasteiger partial charge is 0.469 e. The Morgan fingerprint density at radius 2 is 1.86 bits per heavy atom. The third-order valence-corrected chi connectivity index (χ3v) is 5.41. The monoisotopic (exact) mass is 414 g/mol. The molecule has 1 heterocycles. The van der Waals surface area contributed by atoms with E-state index in [2.05, 4.69) is 4.98 Å². The zero-order valence-electron chi connectivity index (χ0n) is 16.0. The first kappa shape index (κ1) is 21.9. The summed E-state index contributed by atoms with van der Waals surface area (Å²) in [6, 6.07) is 4.66. The molecule has 9 heteroatoms. The number of hydrogen-bond acceptors (Lipinski definition) is 5. The van der Waals surface area contributed by atoms with Crippen LogP contribution in [-0.2, 0) is 15.7 Å². The average Bonchev–Trinajstić information content (AvgIpc) is 3.05. The maximum atomic E-state index is 12.9. The third kappa shape index (κ3) is 4.89. The second-order valence-electron chi connectivity index (χ2n) is 6.28. The molecule has 1 aromatic carbocycles. The summed E-state index contributed by atoms with van der Waals surface area (Å²) in [7, 11) is 1.29. The quantitative estimate of drug-likeness (QED) is 0.657. The molecule has 2 aromatic rings. The minimum absolute atomic E-state index is 0.203. The number of methoxy groups -OCH3 is 1. The molecule has 0 saturated heterocycles. The molecule has 0 aliphatic rings. The number of halogens is 3. The SMILES string of the molecule is CCN(CC(C)C(=O)OC)C(=O)c1sc(-c2ccc(C(F)(F)F)cc2)nc1C. The van der Waals surface area contributed by atoms with Gasteiger partial charge in [0.15, 0.2) is 0 Å². The van der Waals surface area contributed by atoms with E-state index >= 15 is 0 Å². The molecule has 0 fully saturated rings. The van der Waals surface area contributed by atoms with Gasteiger partial charge in [-0.05, 0) is 26.0 Å². The highest BCUT2D eigenvalue weighted by Crippen LogP contribution is 2.33. The lowest BCUT2D eigenvalue weighted by Crippen LogP contribution is -2.37. The van der Waals surface area contributed by atoms with Gasteiger partial charge in [-0.2, -0.15) is 13.2 Å². The Kier molecular flexibility index (Phi) is 6.82. The van der Waals surface area contributed by atoms with E-state index in [1.807, 2.05) is 0 Å². The van der Waals surface area contributed by atoms with Crippen molar-refractivity contribution in [1.29, 1.82) is 0 Å². The predicted molar refractivity (Wildman–Crippen MR) is 100 cm³/mol. The van der Waals surface area contributed by atoms with Gasteiger partial charge in [-0.3, -0.25) is 9.59 Å². The van der Waals surface area contributed by atoms with E-state index in [-0.39, 0.29) is 12.5 Å². The lowest BCUT2D eigenvalue weighted by Gasteiger charge is -2.23. The van der Waals surface area contributed by atoms with Crippen LogP contribution in [0.3, 0.4) is 0 Å². The Morgan fingerprint density at radius 1 is 1.25 bits per heavy atom. The second-order valence-corrected chi connectivity index (χ2v) is 7.28. The molecular formula is C19H21F3N2O3S. The maximum absolute atomic E-state index is 12.9. The second kappa shape index (κ2) is 8.72. The van der Waals surface area contributed by atoms with Crippen molar-refractivity contribution in [3.63, 3.8) is 0 Å². The van der Waals surface area contributed by atoms with Gasteiger partial charge >= 0.3 is 12.1 Å². The summed E-state index contributed by atoms with van der Waals surface area (Å²) in [4.78, 5) is 30.8. The minimum atomic E-state index is -4.41. The highest BCUT2D eigenvalue weighted by Gasteiger charge is 2.30. The van der Waals surface area contributed by atoms with Crippen LogP contribution in [0.2, 0.25) is 0 Å². The first-order valence-corrected chi connectivity index (χ1v) is 9.42. The number of carbonyl (C=O) groups is 2. The van der Waals surface area contributed by atoms with Crippen LogP contribution in [0.5, 0.6) is 0 Å². The molecule has 0 bridgehead atoms. The van der Waals surface area contributed by atoms with E-state index in [9.17, 15) is 22.8 Å². The van der Waals surface area contributed by atoms with Gasteiger partial charge in [0.25, 0.3) is 5.91 Å². The van der Waals surface area contributed by atoms with Crippen molar-refractivity contribution < 1.29 is 27.5 Å². The van der Waals surface area contributed by atoms with Crippen molar-refractivity contribution in [3.05, 3.63) is 40.4 Å². The molecule has 0 aliphatic heterocycles. The fraction of sp³-hybridized carbons (Fsp3) is 0.421. The molecule has 28 heavy (non-hydrogen) atoms.